The van der Waals surface area contributed by atoms with E-state index in [0.29, 0.717) is 11.3 Å². The van der Waals surface area contributed by atoms with E-state index in [1.165, 1.54) is 36.7 Å². The maximum absolute atomic E-state index is 12.4. The lowest BCUT2D eigenvalue weighted by atomic mass is 10.2. The monoisotopic (exact) mass is 413 g/mol. The molecule has 0 aliphatic carbocycles. The van der Waals surface area contributed by atoms with Gasteiger partial charge in [-0.1, -0.05) is 11.8 Å². The third kappa shape index (κ3) is 6.35. The van der Waals surface area contributed by atoms with Gasteiger partial charge >= 0.3 is 0 Å². The van der Waals surface area contributed by atoms with E-state index in [-0.39, 0.29) is 4.90 Å². The number of rotatable bonds is 5. The molecule has 6 N–H and O–H groups in total. The topological polar surface area (TPSA) is 142 Å². The maximum atomic E-state index is 12.4. The van der Waals surface area contributed by atoms with Gasteiger partial charge in [0, 0.05) is 16.8 Å². The molecule has 8 nitrogen and oxygen atoms in total. The number of amides is 1. The second-order valence-corrected chi connectivity index (χ2v) is 7.68. The molecule has 9 heteroatoms. The first-order valence-corrected chi connectivity index (χ1v) is 9.83. The summed E-state index contributed by atoms with van der Waals surface area (Å²) in [6, 6.07) is 11.0. The number of carbonyl (C=O) groups is 1. The molecule has 2 aromatic rings. The Hall–Kier alpha value is -3.34. The number of aliphatic hydroxyl groups excluding tert-OH is 1. The number of nitrogens with one attached hydrogen (secondary N) is 2. The van der Waals surface area contributed by atoms with E-state index in [9.17, 15) is 18.3 Å². The van der Waals surface area contributed by atoms with Crippen LogP contribution in [0.25, 0.3) is 0 Å². The number of hydrogen-bond acceptors (Lipinski definition) is 6. The molecule has 1 amide bonds. The molecular formula is C20H19N3O5S. The quantitative estimate of drug-likeness (QED) is 0.205. The molecule has 0 saturated heterocycles. The lowest BCUT2D eigenvalue weighted by molar-refractivity contribution is -0.133. The first kappa shape index (κ1) is 22.0. The summed E-state index contributed by atoms with van der Waals surface area (Å²) in [5.74, 6) is 9.94. The van der Waals surface area contributed by atoms with Crippen LogP contribution in [-0.2, 0) is 14.8 Å². The van der Waals surface area contributed by atoms with Crippen molar-refractivity contribution in [2.24, 2.45) is 0 Å². The largest absolute Gasteiger partial charge is 0.399 e. The molecule has 150 valence electrons. The van der Waals surface area contributed by atoms with E-state index in [2.05, 4.69) is 23.7 Å². The molecule has 0 fully saturated rings. The Kier molecular flexibility index (Phi) is 7.37. The van der Waals surface area contributed by atoms with Gasteiger partial charge in [0.15, 0.2) is 0 Å². The number of carbonyl (C=O) groups excluding carboxylic acids is 1. The molecule has 29 heavy (non-hydrogen) atoms. The fourth-order valence-corrected chi connectivity index (χ4v) is 3.44. The molecule has 0 aliphatic heterocycles. The summed E-state index contributed by atoms with van der Waals surface area (Å²) in [5, 5.41) is 18.2. The smallest absolute Gasteiger partial charge is 0.264 e. The standard InChI is InChI=1S/C20H19N3O5S/c1-14(24)19(20(25)22-26)23-29(27,28)18-12-8-16(9-13-18)5-3-2-4-15-6-10-17(21)11-7-15/h6-14,19,23-24,26H,21H2,1H3,(H,22,25). The van der Waals surface area contributed by atoms with Crippen LogP contribution in [0, 0.1) is 23.7 Å². The zero-order valence-electron chi connectivity index (χ0n) is 15.4. The highest BCUT2D eigenvalue weighted by Gasteiger charge is 2.29. The highest BCUT2D eigenvalue weighted by Crippen LogP contribution is 2.11. The van der Waals surface area contributed by atoms with Crippen LogP contribution in [0.5, 0.6) is 0 Å². The summed E-state index contributed by atoms with van der Waals surface area (Å²) < 4.78 is 26.8. The van der Waals surface area contributed by atoms with Crippen molar-refractivity contribution in [1.82, 2.24) is 10.2 Å². The normalized spacial score (nSPS) is 12.5. The van der Waals surface area contributed by atoms with Crippen LogP contribution < -0.4 is 15.9 Å². The Morgan fingerprint density at radius 2 is 1.48 bits per heavy atom. The van der Waals surface area contributed by atoms with E-state index in [0.717, 1.165) is 5.56 Å². The Morgan fingerprint density at radius 1 is 1.00 bits per heavy atom. The van der Waals surface area contributed by atoms with Gasteiger partial charge in [-0.2, -0.15) is 4.72 Å². The van der Waals surface area contributed by atoms with Crippen molar-refractivity contribution in [3.8, 4) is 23.7 Å². The summed E-state index contributed by atoms with van der Waals surface area (Å²) in [6.45, 7) is 1.21. The third-order valence-corrected chi connectivity index (χ3v) is 5.17. The van der Waals surface area contributed by atoms with Crippen molar-refractivity contribution in [2.75, 3.05) is 5.73 Å². The minimum Gasteiger partial charge on any atom is -0.399 e. The van der Waals surface area contributed by atoms with Crippen molar-refractivity contribution in [1.29, 1.82) is 0 Å². The molecule has 0 saturated carbocycles. The summed E-state index contributed by atoms with van der Waals surface area (Å²) in [7, 11) is -4.11. The summed E-state index contributed by atoms with van der Waals surface area (Å²) in [5.41, 5.74) is 8.85. The van der Waals surface area contributed by atoms with Crippen molar-refractivity contribution >= 4 is 21.6 Å². The van der Waals surface area contributed by atoms with Gasteiger partial charge in [-0.25, -0.2) is 13.9 Å². The molecule has 2 unspecified atom stereocenters. The van der Waals surface area contributed by atoms with Crippen molar-refractivity contribution < 1.29 is 23.5 Å². The van der Waals surface area contributed by atoms with Crippen molar-refractivity contribution in [3.63, 3.8) is 0 Å². The van der Waals surface area contributed by atoms with Crippen LogP contribution in [0.2, 0.25) is 0 Å². The highest BCUT2D eigenvalue weighted by molar-refractivity contribution is 7.89. The minimum atomic E-state index is -4.11. The van der Waals surface area contributed by atoms with E-state index >= 15 is 0 Å². The predicted octanol–water partition coefficient (Wildman–Crippen LogP) is 0.205. The molecule has 2 rings (SSSR count). The van der Waals surface area contributed by atoms with E-state index in [1.54, 1.807) is 24.3 Å². The number of benzene rings is 2. The SMILES string of the molecule is CC(O)C(NS(=O)(=O)c1ccc(C#CC#Cc2ccc(N)cc2)cc1)C(=O)NO. The van der Waals surface area contributed by atoms with Crippen molar-refractivity contribution in [2.45, 2.75) is 24.0 Å². The molecule has 2 aromatic carbocycles. The van der Waals surface area contributed by atoms with Gasteiger partial charge in [0.2, 0.25) is 10.0 Å². The molecule has 0 heterocycles. The molecule has 0 aliphatic rings. The third-order valence-electron chi connectivity index (χ3n) is 3.71. The predicted molar refractivity (Wildman–Crippen MR) is 107 cm³/mol. The summed E-state index contributed by atoms with van der Waals surface area (Å²) in [6.07, 6.45) is -1.36. The van der Waals surface area contributed by atoms with Gasteiger partial charge in [0.25, 0.3) is 5.91 Å². The van der Waals surface area contributed by atoms with Gasteiger partial charge in [-0.3, -0.25) is 10.0 Å². The number of sulfonamides is 1. The highest BCUT2D eigenvalue weighted by atomic mass is 32.2. The number of anilines is 1. The fourth-order valence-electron chi connectivity index (χ4n) is 2.17. The molecule has 0 aromatic heterocycles. The van der Waals surface area contributed by atoms with Gasteiger partial charge in [0.1, 0.15) is 6.04 Å². The zero-order chi connectivity index (χ0) is 21.4. The number of nitrogens with two attached hydrogens (primary N) is 1. The van der Waals surface area contributed by atoms with E-state index in [1.807, 2.05) is 4.72 Å². The second-order valence-electron chi connectivity index (χ2n) is 5.96. The number of hydroxylamine groups is 1. The number of hydrogen-bond donors (Lipinski definition) is 5. The number of nitrogen functional groups attached to an aromatic ring is 1. The second kappa shape index (κ2) is 9.73. The van der Waals surface area contributed by atoms with Crippen LogP contribution in [0.15, 0.2) is 53.4 Å². The molecule has 0 spiro atoms. The lowest BCUT2D eigenvalue weighted by Crippen LogP contribution is -2.51. The van der Waals surface area contributed by atoms with Crippen molar-refractivity contribution in [3.05, 3.63) is 59.7 Å². The molecular weight excluding hydrogens is 394 g/mol. The molecule has 2 atom stereocenters. The maximum Gasteiger partial charge on any atom is 0.264 e. The van der Waals surface area contributed by atoms with Gasteiger partial charge in [-0.05, 0) is 67.3 Å². The van der Waals surface area contributed by atoms with Crippen LogP contribution in [-0.4, -0.2) is 36.8 Å². The first-order valence-electron chi connectivity index (χ1n) is 8.35. The summed E-state index contributed by atoms with van der Waals surface area (Å²) in [4.78, 5) is 11.4. The van der Waals surface area contributed by atoms with Crippen LogP contribution in [0.1, 0.15) is 18.1 Å². The fraction of sp³-hybridized carbons (Fsp3) is 0.150. The zero-order valence-corrected chi connectivity index (χ0v) is 16.2. The van der Waals surface area contributed by atoms with Crippen LogP contribution in [0.4, 0.5) is 5.69 Å². The van der Waals surface area contributed by atoms with Crippen LogP contribution >= 0.6 is 0 Å². The van der Waals surface area contributed by atoms with Gasteiger partial charge in [0.05, 0.1) is 11.0 Å². The van der Waals surface area contributed by atoms with E-state index < -0.39 is 28.1 Å². The summed E-state index contributed by atoms with van der Waals surface area (Å²) >= 11 is 0. The Morgan fingerprint density at radius 3 is 1.93 bits per heavy atom. The minimum absolute atomic E-state index is 0.132. The lowest BCUT2D eigenvalue weighted by Gasteiger charge is -2.19. The van der Waals surface area contributed by atoms with Gasteiger partial charge in [-0.15, -0.1) is 0 Å². The number of aliphatic hydroxyl groups is 1. The Balaban J connectivity index is 2.12. The molecule has 0 bridgehead atoms. The van der Waals surface area contributed by atoms with E-state index in [4.69, 9.17) is 10.9 Å². The van der Waals surface area contributed by atoms with Gasteiger partial charge < -0.3 is 10.8 Å². The Bertz CT molecular complexity index is 1090. The average Bonchev–Trinajstić information content (AvgIpc) is 2.70. The van der Waals surface area contributed by atoms with Crippen LogP contribution in [0.3, 0.4) is 0 Å². The average molecular weight is 413 g/mol. The molecule has 0 radical (unpaired) electrons. The Labute approximate surface area is 168 Å². The first-order chi connectivity index (χ1) is 13.7.